The van der Waals surface area contributed by atoms with E-state index in [2.05, 4.69) is 4.90 Å². The Hall–Kier alpha value is -1.44. The maximum Gasteiger partial charge on any atom is 0.338 e. The Balaban J connectivity index is 2.03. The maximum absolute atomic E-state index is 11.7. The monoisotopic (exact) mass is 312 g/mol. The van der Waals surface area contributed by atoms with Gasteiger partial charge < -0.3 is 4.74 Å². The SMILES string of the molecule is COC(=O)c1ccccc1CN1CCN(S(C)(=O)=O)CC1. The molecule has 0 aromatic heterocycles. The van der Waals surface area contributed by atoms with Crippen molar-refractivity contribution in [3.8, 4) is 0 Å². The molecule has 1 heterocycles. The molecule has 2 rings (SSSR count). The highest BCUT2D eigenvalue weighted by atomic mass is 32.2. The number of hydrogen-bond donors (Lipinski definition) is 0. The molecule has 1 aliphatic rings. The second-order valence-corrected chi connectivity index (χ2v) is 7.07. The average molecular weight is 312 g/mol. The molecule has 0 atom stereocenters. The van der Waals surface area contributed by atoms with Gasteiger partial charge in [-0.25, -0.2) is 13.2 Å². The van der Waals surface area contributed by atoms with Gasteiger partial charge in [-0.1, -0.05) is 18.2 Å². The van der Waals surface area contributed by atoms with E-state index >= 15 is 0 Å². The normalized spacial score (nSPS) is 17.6. The number of nitrogens with zero attached hydrogens (tertiary/aromatic N) is 2. The summed E-state index contributed by atoms with van der Waals surface area (Å²) in [5, 5.41) is 0. The van der Waals surface area contributed by atoms with Crippen LogP contribution in [0, 0.1) is 0 Å². The lowest BCUT2D eigenvalue weighted by Crippen LogP contribution is -2.47. The van der Waals surface area contributed by atoms with Crippen LogP contribution in [0.15, 0.2) is 24.3 Å². The van der Waals surface area contributed by atoms with E-state index in [-0.39, 0.29) is 5.97 Å². The van der Waals surface area contributed by atoms with Crippen LogP contribution in [0.2, 0.25) is 0 Å². The van der Waals surface area contributed by atoms with Crippen LogP contribution in [0.3, 0.4) is 0 Å². The van der Waals surface area contributed by atoms with Crippen LogP contribution in [0.4, 0.5) is 0 Å². The predicted octanol–water partition coefficient (Wildman–Crippen LogP) is 0.550. The summed E-state index contributed by atoms with van der Waals surface area (Å²) >= 11 is 0. The van der Waals surface area contributed by atoms with Crippen molar-refractivity contribution in [3.63, 3.8) is 0 Å². The fourth-order valence-electron chi connectivity index (χ4n) is 2.43. The number of piperazine rings is 1. The second kappa shape index (κ2) is 6.55. The fraction of sp³-hybridized carbons (Fsp3) is 0.500. The zero-order valence-corrected chi connectivity index (χ0v) is 13.1. The number of methoxy groups -OCH3 is 1. The summed E-state index contributed by atoms with van der Waals surface area (Å²) < 4.78 is 29.2. The van der Waals surface area contributed by atoms with Gasteiger partial charge in [0.05, 0.1) is 18.9 Å². The van der Waals surface area contributed by atoms with Crippen LogP contribution in [-0.4, -0.2) is 63.1 Å². The minimum atomic E-state index is -3.12. The number of carbonyl (C=O) groups is 1. The van der Waals surface area contributed by atoms with E-state index < -0.39 is 10.0 Å². The average Bonchev–Trinajstić information content (AvgIpc) is 2.46. The van der Waals surface area contributed by atoms with Crippen molar-refractivity contribution in [1.29, 1.82) is 0 Å². The highest BCUT2D eigenvalue weighted by molar-refractivity contribution is 7.88. The number of carbonyl (C=O) groups excluding carboxylic acids is 1. The number of rotatable bonds is 4. The molecular formula is C14H20N2O4S. The van der Waals surface area contributed by atoms with Gasteiger partial charge in [-0.15, -0.1) is 0 Å². The Morgan fingerprint density at radius 3 is 2.38 bits per heavy atom. The van der Waals surface area contributed by atoms with E-state index in [0.29, 0.717) is 38.3 Å². The first kappa shape index (κ1) is 15.9. The fourth-order valence-corrected chi connectivity index (χ4v) is 3.25. The molecular weight excluding hydrogens is 292 g/mol. The molecule has 0 saturated carbocycles. The van der Waals surface area contributed by atoms with Crippen LogP contribution in [-0.2, 0) is 21.3 Å². The van der Waals surface area contributed by atoms with E-state index in [1.807, 2.05) is 12.1 Å². The van der Waals surface area contributed by atoms with Gasteiger partial charge in [0.25, 0.3) is 0 Å². The van der Waals surface area contributed by atoms with E-state index in [1.165, 1.54) is 17.7 Å². The molecule has 0 aliphatic carbocycles. The Kier molecular flexibility index (Phi) is 4.97. The molecule has 0 bridgehead atoms. The van der Waals surface area contributed by atoms with Gasteiger partial charge in [0, 0.05) is 32.7 Å². The van der Waals surface area contributed by atoms with E-state index in [1.54, 1.807) is 12.1 Å². The summed E-state index contributed by atoms with van der Waals surface area (Å²) in [5.41, 5.74) is 1.46. The summed E-state index contributed by atoms with van der Waals surface area (Å²) in [6.07, 6.45) is 1.23. The number of esters is 1. The first-order chi connectivity index (χ1) is 9.91. The molecule has 0 N–H and O–H groups in total. The summed E-state index contributed by atoms with van der Waals surface area (Å²) in [6.45, 7) is 2.90. The topological polar surface area (TPSA) is 66.9 Å². The molecule has 7 heteroatoms. The zero-order chi connectivity index (χ0) is 15.5. The largest absolute Gasteiger partial charge is 0.465 e. The van der Waals surface area contributed by atoms with Gasteiger partial charge in [0.2, 0.25) is 10.0 Å². The molecule has 116 valence electrons. The minimum absolute atomic E-state index is 0.347. The second-order valence-electron chi connectivity index (χ2n) is 5.09. The molecule has 1 fully saturated rings. The first-order valence-corrected chi connectivity index (χ1v) is 8.60. The van der Waals surface area contributed by atoms with Crippen LogP contribution in [0.5, 0.6) is 0 Å². The van der Waals surface area contributed by atoms with Crippen molar-refractivity contribution in [2.24, 2.45) is 0 Å². The van der Waals surface area contributed by atoms with Crippen molar-refractivity contribution in [1.82, 2.24) is 9.21 Å². The third kappa shape index (κ3) is 4.03. The Labute approximate surface area is 125 Å². The molecule has 0 unspecified atom stereocenters. The lowest BCUT2D eigenvalue weighted by atomic mass is 10.1. The third-order valence-corrected chi connectivity index (χ3v) is 4.92. The van der Waals surface area contributed by atoms with Gasteiger partial charge in [0.1, 0.15) is 0 Å². The maximum atomic E-state index is 11.7. The van der Waals surface area contributed by atoms with Crippen LogP contribution in [0.1, 0.15) is 15.9 Å². The van der Waals surface area contributed by atoms with E-state index in [9.17, 15) is 13.2 Å². The Morgan fingerprint density at radius 1 is 1.19 bits per heavy atom. The Bertz CT molecular complexity index is 607. The van der Waals surface area contributed by atoms with E-state index in [0.717, 1.165) is 5.56 Å². The molecule has 0 radical (unpaired) electrons. The lowest BCUT2D eigenvalue weighted by Gasteiger charge is -2.33. The molecule has 0 spiro atoms. The zero-order valence-electron chi connectivity index (χ0n) is 12.3. The quantitative estimate of drug-likeness (QED) is 0.760. The number of hydrogen-bond acceptors (Lipinski definition) is 5. The van der Waals surface area contributed by atoms with Crippen molar-refractivity contribution in [3.05, 3.63) is 35.4 Å². The van der Waals surface area contributed by atoms with Crippen molar-refractivity contribution in [2.45, 2.75) is 6.54 Å². The molecule has 1 aromatic rings. The van der Waals surface area contributed by atoms with Gasteiger partial charge >= 0.3 is 5.97 Å². The van der Waals surface area contributed by atoms with Gasteiger partial charge in [-0.05, 0) is 11.6 Å². The standard InChI is InChI=1S/C14H20N2O4S/c1-20-14(17)13-6-4-3-5-12(13)11-15-7-9-16(10-8-15)21(2,18)19/h3-6H,7-11H2,1-2H3. The first-order valence-electron chi connectivity index (χ1n) is 6.75. The predicted molar refractivity (Wildman–Crippen MR) is 79.5 cm³/mol. The lowest BCUT2D eigenvalue weighted by molar-refractivity contribution is 0.0597. The highest BCUT2D eigenvalue weighted by Gasteiger charge is 2.24. The molecule has 6 nitrogen and oxygen atoms in total. The smallest absolute Gasteiger partial charge is 0.338 e. The van der Waals surface area contributed by atoms with Gasteiger partial charge in [-0.3, -0.25) is 4.90 Å². The Morgan fingerprint density at radius 2 is 1.81 bits per heavy atom. The van der Waals surface area contributed by atoms with Crippen LogP contribution in [0.25, 0.3) is 0 Å². The number of benzene rings is 1. The van der Waals surface area contributed by atoms with Gasteiger partial charge in [0.15, 0.2) is 0 Å². The van der Waals surface area contributed by atoms with Crippen molar-refractivity contribution >= 4 is 16.0 Å². The summed E-state index contributed by atoms with van der Waals surface area (Å²) in [6, 6.07) is 7.33. The van der Waals surface area contributed by atoms with Crippen LogP contribution < -0.4 is 0 Å². The molecule has 21 heavy (non-hydrogen) atoms. The molecule has 0 amide bonds. The molecule has 1 aliphatic heterocycles. The minimum Gasteiger partial charge on any atom is -0.465 e. The van der Waals surface area contributed by atoms with Gasteiger partial charge in [-0.2, -0.15) is 4.31 Å². The third-order valence-electron chi connectivity index (χ3n) is 3.62. The summed E-state index contributed by atoms with van der Waals surface area (Å²) in [4.78, 5) is 13.9. The molecule has 1 saturated heterocycles. The van der Waals surface area contributed by atoms with Crippen molar-refractivity contribution < 1.29 is 17.9 Å². The number of ether oxygens (including phenoxy) is 1. The summed E-state index contributed by atoms with van der Waals surface area (Å²) in [5.74, 6) is -0.347. The van der Waals surface area contributed by atoms with Crippen LogP contribution >= 0.6 is 0 Å². The number of sulfonamides is 1. The molecule has 1 aromatic carbocycles. The van der Waals surface area contributed by atoms with Crippen molar-refractivity contribution in [2.75, 3.05) is 39.5 Å². The van der Waals surface area contributed by atoms with E-state index in [4.69, 9.17) is 4.74 Å². The summed E-state index contributed by atoms with van der Waals surface area (Å²) in [7, 11) is -1.75. The highest BCUT2D eigenvalue weighted by Crippen LogP contribution is 2.15.